The van der Waals surface area contributed by atoms with Gasteiger partial charge in [-0.1, -0.05) is 48.0 Å². The third kappa shape index (κ3) is 6.81. The number of benzene rings is 3. The molecule has 1 aromatic heterocycles. The van der Waals surface area contributed by atoms with E-state index in [1.165, 1.54) is 18.4 Å². The fourth-order valence-electron chi connectivity index (χ4n) is 3.02. The maximum atomic E-state index is 12.0. The predicted octanol–water partition coefficient (Wildman–Crippen LogP) is 5.52. The van der Waals surface area contributed by atoms with E-state index in [0.717, 1.165) is 22.4 Å². The smallest absolute Gasteiger partial charge is 0.369 e. The van der Waals surface area contributed by atoms with Gasteiger partial charge in [-0.2, -0.15) is 5.10 Å². The van der Waals surface area contributed by atoms with Crippen LogP contribution in [0.1, 0.15) is 11.1 Å². The highest BCUT2D eigenvalue weighted by atomic mass is 32.1. The summed E-state index contributed by atoms with van der Waals surface area (Å²) in [4.78, 5) is 21.6. The van der Waals surface area contributed by atoms with Crippen LogP contribution in [-0.4, -0.2) is 30.9 Å². The number of ether oxygens (including phenoxy) is 2. The molecule has 0 saturated heterocycles. The SMILES string of the molecule is COc1cc(C=NNc2nc(-c3ccccc3)cs2)ccc1OCC(=O)ONc1ccc(C)cc1. The molecule has 0 fully saturated rings. The van der Waals surface area contributed by atoms with Crippen LogP contribution in [0.2, 0.25) is 0 Å². The van der Waals surface area contributed by atoms with Crippen molar-refractivity contribution in [3.05, 3.63) is 89.3 Å². The van der Waals surface area contributed by atoms with Gasteiger partial charge in [0.2, 0.25) is 5.13 Å². The number of nitrogens with one attached hydrogen (secondary N) is 2. The molecule has 4 aromatic rings. The lowest BCUT2D eigenvalue weighted by atomic mass is 10.2. The van der Waals surface area contributed by atoms with Crippen LogP contribution in [0.25, 0.3) is 11.3 Å². The molecule has 8 nitrogen and oxygen atoms in total. The third-order valence-corrected chi connectivity index (χ3v) is 5.56. The van der Waals surface area contributed by atoms with Gasteiger partial charge in [0, 0.05) is 10.9 Å². The highest BCUT2D eigenvalue weighted by Gasteiger charge is 2.10. The minimum Gasteiger partial charge on any atom is -0.493 e. The highest BCUT2D eigenvalue weighted by molar-refractivity contribution is 7.14. The molecule has 0 unspecified atom stereocenters. The van der Waals surface area contributed by atoms with Crippen molar-refractivity contribution in [2.45, 2.75) is 6.92 Å². The standard InChI is InChI=1S/C26H24N4O4S/c1-18-8-11-21(12-9-18)30-34-25(31)16-33-23-13-10-19(14-24(23)32-2)15-27-29-26-28-22(17-35-26)20-6-4-3-5-7-20/h3-15,17,30H,16H2,1-2H3,(H,28,29). The molecule has 0 spiro atoms. The number of hydrogen-bond acceptors (Lipinski definition) is 9. The molecular weight excluding hydrogens is 464 g/mol. The summed E-state index contributed by atoms with van der Waals surface area (Å²) >= 11 is 1.47. The van der Waals surface area contributed by atoms with Crippen molar-refractivity contribution in [3.8, 4) is 22.8 Å². The van der Waals surface area contributed by atoms with Gasteiger partial charge in [-0.3, -0.25) is 5.43 Å². The van der Waals surface area contributed by atoms with Crippen molar-refractivity contribution in [3.63, 3.8) is 0 Å². The van der Waals surface area contributed by atoms with Crippen molar-refractivity contribution < 1.29 is 19.1 Å². The highest BCUT2D eigenvalue weighted by Crippen LogP contribution is 2.28. The van der Waals surface area contributed by atoms with Crippen molar-refractivity contribution in [2.24, 2.45) is 5.10 Å². The number of hydrogen-bond donors (Lipinski definition) is 2. The second-order valence-corrected chi connectivity index (χ2v) is 8.27. The fraction of sp³-hybridized carbons (Fsp3) is 0.115. The zero-order chi connectivity index (χ0) is 24.5. The number of aromatic nitrogens is 1. The quantitative estimate of drug-likeness (QED) is 0.224. The van der Waals surface area contributed by atoms with E-state index in [4.69, 9.17) is 14.3 Å². The molecule has 0 aliphatic heterocycles. The summed E-state index contributed by atoms with van der Waals surface area (Å²) < 4.78 is 11.0. The molecule has 3 aromatic carbocycles. The molecule has 0 radical (unpaired) electrons. The van der Waals surface area contributed by atoms with Crippen LogP contribution in [0, 0.1) is 6.92 Å². The first kappa shape index (κ1) is 23.8. The molecule has 35 heavy (non-hydrogen) atoms. The second kappa shape index (κ2) is 11.7. The van der Waals surface area contributed by atoms with Crippen LogP contribution in [0.5, 0.6) is 11.5 Å². The van der Waals surface area contributed by atoms with Crippen LogP contribution < -0.4 is 20.4 Å². The lowest BCUT2D eigenvalue weighted by Gasteiger charge is -2.11. The first-order valence-corrected chi connectivity index (χ1v) is 11.6. The van der Waals surface area contributed by atoms with Crippen LogP contribution in [0.4, 0.5) is 10.8 Å². The van der Waals surface area contributed by atoms with Gasteiger partial charge in [0.25, 0.3) is 0 Å². The number of carbonyl (C=O) groups excluding carboxylic acids is 1. The van der Waals surface area contributed by atoms with E-state index < -0.39 is 5.97 Å². The number of anilines is 2. The fourth-order valence-corrected chi connectivity index (χ4v) is 3.68. The molecule has 0 amide bonds. The lowest BCUT2D eigenvalue weighted by Crippen LogP contribution is -2.18. The molecule has 0 aliphatic rings. The molecule has 4 rings (SSSR count). The molecule has 2 N–H and O–H groups in total. The van der Waals surface area contributed by atoms with E-state index in [0.29, 0.717) is 22.3 Å². The van der Waals surface area contributed by atoms with Gasteiger partial charge >= 0.3 is 5.97 Å². The summed E-state index contributed by atoms with van der Waals surface area (Å²) in [6.07, 6.45) is 1.65. The molecule has 9 heteroatoms. The average Bonchev–Trinajstić information content (AvgIpc) is 3.37. The van der Waals surface area contributed by atoms with Crippen LogP contribution in [0.3, 0.4) is 0 Å². The van der Waals surface area contributed by atoms with Crippen molar-refractivity contribution in [1.82, 2.24) is 4.98 Å². The Morgan fingerprint density at radius 2 is 1.86 bits per heavy atom. The van der Waals surface area contributed by atoms with E-state index in [1.807, 2.05) is 66.9 Å². The summed E-state index contributed by atoms with van der Waals surface area (Å²) in [5, 5.41) is 6.91. The Morgan fingerprint density at radius 1 is 1.06 bits per heavy atom. The van der Waals surface area contributed by atoms with Crippen LogP contribution in [0.15, 0.2) is 83.3 Å². The lowest BCUT2D eigenvalue weighted by molar-refractivity contribution is -0.143. The summed E-state index contributed by atoms with van der Waals surface area (Å²) in [5.41, 5.74) is 10.1. The minimum absolute atomic E-state index is 0.280. The van der Waals surface area contributed by atoms with Crippen LogP contribution in [-0.2, 0) is 9.63 Å². The molecule has 0 aliphatic carbocycles. The second-order valence-electron chi connectivity index (χ2n) is 7.42. The molecule has 1 heterocycles. The number of hydrazone groups is 1. The predicted molar refractivity (Wildman–Crippen MR) is 138 cm³/mol. The van der Waals surface area contributed by atoms with Crippen molar-refractivity contribution >= 4 is 34.3 Å². The van der Waals surface area contributed by atoms with Gasteiger partial charge in [0.15, 0.2) is 18.1 Å². The number of carbonyl (C=O) groups is 1. The van der Waals surface area contributed by atoms with E-state index in [9.17, 15) is 4.79 Å². The zero-order valence-corrected chi connectivity index (χ0v) is 20.0. The van der Waals surface area contributed by atoms with Crippen molar-refractivity contribution in [1.29, 1.82) is 0 Å². The normalized spacial score (nSPS) is 10.7. The van der Waals surface area contributed by atoms with E-state index in [1.54, 1.807) is 24.4 Å². The van der Waals surface area contributed by atoms with Gasteiger partial charge in [-0.05, 0) is 42.8 Å². The average molecular weight is 489 g/mol. The molecule has 0 saturated carbocycles. The molecule has 0 bridgehead atoms. The van der Waals surface area contributed by atoms with Crippen molar-refractivity contribution in [2.75, 3.05) is 24.6 Å². The number of rotatable bonds is 10. The Labute approximate surface area is 207 Å². The summed E-state index contributed by atoms with van der Waals surface area (Å²) in [6.45, 7) is 1.70. The maximum Gasteiger partial charge on any atom is 0.369 e. The maximum absolute atomic E-state index is 12.0. The van der Waals surface area contributed by atoms with E-state index >= 15 is 0 Å². The van der Waals surface area contributed by atoms with Gasteiger partial charge in [-0.15, -0.1) is 11.3 Å². The first-order valence-electron chi connectivity index (χ1n) is 10.7. The number of nitrogens with zero attached hydrogens (tertiary/aromatic N) is 2. The number of thiazole rings is 1. The monoisotopic (exact) mass is 488 g/mol. The zero-order valence-electron chi connectivity index (χ0n) is 19.2. The van der Waals surface area contributed by atoms with Crippen LogP contribution >= 0.6 is 11.3 Å². The van der Waals surface area contributed by atoms with Gasteiger partial charge in [0.1, 0.15) is 0 Å². The Morgan fingerprint density at radius 3 is 2.63 bits per heavy atom. The Kier molecular flexibility index (Phi) is 7.92. The number of methoxy groups -OCH3 is 1. The summed E-state index contributed by atoms with van der Waals surface area (Å²) in [5.74, 6) is 0.312. The van der Waals surface area contributed by atoms with E-state index in [-0.39, 0.29) is 6.61 Å². The third-order valence-electron chi connectivity index (χ3n) is 4.82. The molecule has 0 atom stereocenters. The van der Waals surface area contributed by atoms with Gasteiger partial charge < -0.3 is 14.3 Å². The topological polar surface area (TPSA) is 94.1 Å². The molecular formula is C26H24N4O4S. The van der Waals surface area contributed by atoms with Gasteiger partial charge in [-0.25, -0.2) is 15.3 Å². The largest absolute Gasteiger partial charge is 0.493 e. The summed E-state index contributed by atoms with van der Waals surface area (Å²) in [7, 11) is 1.53. The Bertz CT molecular complexity index is 1290. The van der Waals surface area contributed by atoms with Gasteiger partial charge in [0.05, 0.1) is 24.7 Å². The first-order chi connectivity index (χ1) is 17.1. The Balaban J connectivity index is 1.29. The minimum atomic E-state index is -0.569. The summed E-state index contributed by atoms with van der Waals surface area (Å²) in [6, 6.07) is 22.7. The van der Waals surface area contributed by atoms with E-state index in [2.05, 4.69) is 21.0 Å². The number of aryl methyl sites for hydroxylation is 1. The Hall–Kier alpha value is -4.37. The molecule has 178 valence electrons.